The smallest absolute Gasteiger partial charge is 0.153 e. The molecule has 1 aromatic carbocycles. The van der Waals surface area contributed by atoms with E-state index in [-0.39, 0.29) is 11.3 Å². The highest BCUT2D eigenvalue weighted by atomic mass is 19.1. The number of hydrogen-bond donors (Lipinski definition) is 1. The van der Waals surface area contributed by atoms with Crippen molar-refractivity contribution < 1.29 is 14.3 Å². The standard InChI is InChI=1S/C9H9FO2/c1-2-6-3-7(5-11)9(12)4-8(6)10/h3-5,12H,2H2,1H3. The molecule has 2 nitrogen and oxygen atoms in total. The summed E-state index contributed by atoms with van der Waals surface area (Å²) < 4.78 is 12.9. The van der Waals surface area contributed by atoms with Gasteiger partial charge >= 0.3 is 0 Å². The molecule has 1 rings (SSSR count). The van der Waals surface area contributed by atoms with Gasteiger partial charge in [-0.25, -0.2) is 4.39 Å². The zero-order chi connectivity index (χ0) is 9.14. The second kappa shape index (κ2) is 3.34. The number of phenolic OH excluding ortho intramolecular Hbond substituents is 1. The molecule has 1 aromatic rings. The van der Waals surface area contributed by atoms with Gasteiger partial charge in [0.25, 0.3) is 0 Å². The van der Waals surface area contributed by atoms with Crippen molar-refractivity contribution in [3.8, 4) is 5.75 Å². The number of aromatic hydroxyl groups is 1. The highest BCUT2D eigenvalue weighted by molar-refractivity contribution is 5.79. The summed E-state index contributed by atoms with van der Waals surface area (Å²) in [6.07, 6.45) is 1.01. The Bertz CT molecular complexity index is 308. The highest BCUT2D eigenvalue weighted by Crippen LogP contribution is 2.20. The average molecular weight is 168 g/mol. The number of carbonyl (C=O) groups is 1. The third-order valence-electron chi connectivity index (χ3n) is 1.70. The van der Waals surface area contributed by atoms with Gasteiger partial charge in [-0.2, -0.15) is 0 Å². The van der Waals surface area contributed by atoms with E-state index in [0.29, 0.717) is 18.3 Å². The molecule has 0 unspecified atom stereocenters. The fourth-order valence-corrected chi connectivity index (χ4v) is 0.992. The molecule has 64 valence electrons. The molecule has 0 atom stereocenters. The van der Waals surface area contributed by atoms with Gasteiger partial charge < -0.3 is 5.11 Å². The van der Waals surface area contributed by atoms with E-state index in [9.17, 15) is 9.18 Å². The van der Waals surface area contributed by atoms with Crippen LogP contribution in [-0.2, 0) is 6.42 Å². The fourth-order valence-electron chi connectivity index (χ4n) is 0.992. The number of aldehydes is 1. The van der Waals surface area contributed by atoms with Gasteiger partial charge in [0.15, 0.2) is 6.29 Å². The van der Waals surface area contributed by atoms with E-state index in [4.69, 9.17) is 5.11 Å². The van der Waals surface area contributed by atoms with Crippen LogP contribution >= 0.6 is 0 Å². The van der Waals surface area contributed by atoms with E-state index in [1.807, 2.05) is 0 Å². The molecule has 0 fully saturated rings. The predicted molar refractivity (Wildman–Crippen MR) is 42.8 cm³/mol. The maximum absolute atomic E-state index is 12.9. The molecule has 0 saturated heterocycles. The number of rotatable bonds is 2. The van der Waals surface area contributed by atoms with Crippen LogP contribution in [0.25, 0.3) is 0 Å². The summed E-state index contributed by atoms with van der Waals surface area (Å²) >= 11 is 0. The maximum atomic E-state index is 12.9. The van der Waals surface area contributed by atoms with E-state index >= 15 is 0 Å². The van der Waals surface area contributed by atoms with Gasteiger partial charge in [0.05, 0.1) is 5.56 Å². The molecule has 0 amide bonds. The lowest BCUT2D eigenvalue weighted by atomic mass is 10.1. The van der Waals surface area contributed by atoms with Crippen LogP contribution in [0.1, 0.15) is 22.8 Å². The first kappa shape index (κ1) is 8.71. The summed E-state index contributed by atoms with van der Waals surface area (Å²) in [4.78, 5) is 10.3. The van der Waals surface area contributed by atoms with Crippen molar-refractivity contribution in [2.45, 2.75) is 13.3 Å². The molecule has 12 heavy (non-hydrogen) atoms. The van der Waals surface area contributed by atoms with Gasteiger partial charge in [0, 0.05) is 6.07 Å². The van der Waals surface area contributed by atoms with Crippen molar-refractivity contribution in [3.63, 3.8) is 0 Å². The number of halogens is 1. The molecule has 0 saturated carbocycles. The number of hydrogen-bond acceptors (Lipinski definition) is 2. The Kier molecular flexibility index (Phi) is 2.43. The summed E-state index contributed by atoms with van der Waals surface area (Å²) in [5.41, 5.74) is 0.572. The second-order valence-electron chi connectivity index (χ2n) is 2.47. The van der Waals surface area contributed by atoms with Crippen molar-refractivity contribution in [3.05, 3.63) is 29.1 Å². The molecule has 0 aromatic heterocycles. The number of aryl methyl sites for hydroxylation is 1. The lowest BCUT2D eigenvalue weighted by molar-refractivity contribution is 0.112. The Morgan fingerprint density at radius 1 is 1.58 bits per heavy atom. The van der Waals surface area contributed by atoms with Crippen LogP contribution in [-0.4, -0.2) is 11.4 Å². The van der Waals surface area contributed by atoms with Crippen molar-refractivity contribution in [2.75, 3.05) is 0 Å². The summed E-state index contributed by atoms with van der Waals surface area (Å²) in [5.74, 6) is -0.777. The fraction of sp³-hybridized carbons (Fsp3) is 0.222. The van der Waals surface area contributed by atoms with Crippen LogP contribution < -0.4 is 0 Å². The zero-order valence-electron chi connectivity index (χ0n) is 6.67. The Morgan fingerprint density at radius 2 is 2.25 bits per heavy atom. The summed E-state index contributed by atoms with van der Waals surface area (Å²) in [6, 6.07) is 2.32. The number of benzene rings is 1. The summed E-state index contributed by atoms with van der Waals surface area (Å²) in [7, 11) is 0. The molecule has 0 aliphatic heterocycles. The third kappa shape index (κ3) is 1.44. The average Bonchev–Trinajstić information content (AvgIpc) is 2.05. The quantitative estimate of drug-likeness (QED) is 0.685. The van der Waals surface area contributed by atoms with E-state index in [2.05, 4.69) is 0 Å². The Labute approximate surface area is 69.6 Å². The minimum absolute atomic E-state index is 0.133. The molecule has 0 radical (unpaired) electrons. The Morgan fingerprint density at radius 3 is 2.75 bits per heavy atom. The van der Waals surface area contributed by atoms with E-state index in [1.165, 1.54) is 6.07 Å². The van der Waals surface area contributed by atoms with E-state index in [0.717, 1.165) is 6.07 Å². The van der Waals surface area contributed by atoms with Crippen LogP contribution in [0, 0.1) is 5.82 Å². The first-order chi connectivity index (χ1) is 5.69. The minimum Gasteiger partial charge on any atom is -0.507 e. The molecule has 3 heteroatoms. The van der Waals surface area contributed by atoms with Crippen molar-refractivity contribution in [1.82, 2.24) is 0 Å². The van der Waals surface area contributed by atoms with Gasteiger partial charge in [-0.05, 0) is 18.1 Å². The van der Waals surface area contributed by atoms with Gasteiger partial charge in [-0.1, -0.05) is 6.92 Å². The third-order valence-corrected chi connectivity index (χ3v) is 1.70. The van der Waals surface area contributed by atoms with Gasteiger partial charge in [-0.3, -0.25) is 4.79 Å². The first-order valence-corrected chi connectivity index (χ1v) is 3.65. The summed E-state index contributed by atoms with van der Waals surface area (Å²) in [5, 5.41) is 9.04. The van der Waals surface area contributed by atoms with Crippen LogP contribution in [0.2, 0.25) is 0 Å². The van der Waals surface area contributed by atoms with E-state index in [1.54, 1.807) is 6.92 Å². The van der Waals surface area contributed by atoms with Crippen LogP contribution in [0.4, 0.5) is 4.39 Å². The number of phenols is 1. The lowest BCUT2D eigenvalue weighted by Crippen LogP contribution is -1.91. The zero-order valence-corrected chi connectivity index (χ0v) is 6.67. The lowest BCUT2D eigenvalue weighted by Gasteiger charge is -2.02. The molecule has 0 spiro atoms. The monoisotopic (exact) mass is 168 g/mol. The largest absolute Gasteiger partial charge is 0.507 e. The van der Waals surface area contributed by atoms with Gasteiger partial charge in [0.1, 0.15) is 11.6 Å². The second-order valence-corrected chi connectivity index (χ2v) is 2.47. The van der Waals surface area contributed by atoms with Crippen LogP contribution in [0.15, 0.2) is 12.1 Å². The number of carbonyl (C=O) groups excluding carboxylic acids is 1. The van der Waals surface area contributed by atoms with Crippen molar-refractivity contribution >= 4 is 6.29 Å². The molecule has 1 N–H and O–H groups in total. The SMILES string of the molecule is CCc1cc(C=O)c(O)cc1F. The van der Waals surface area contributed by atoms with Crippen molar-refractivity contribution in [2.24, 2.45) is 0 Å². The normalized spacial score (nSPS) is 9.83. The minimum atomic E-state index is -0.472. The van der Waals surface area contributed by atoms with Gasteiger partial charge in [-0.15, -0.1) is 0 Å². The highest BCUT2D eigenvalue weighted by Gasteiger charge is 2.06. The first-order valence-electron chi connectivity index (χ1n) is 3.65. The van der Waals surface area contributed by atoms with Crippen LogP contribution in [0.5, 0.6) is 5.75 Å². The molecule has 0 bridgehead atoms. The molecular weight excluding hydrogens is 159 g/mol. The van der Waals surface area contributed by atoms with Gasteiger partial charge in [0.2, 0.25) is 0 Å². The predicted octanol–water partition coefficient (Wildman–Crippen LogP) is 1.91. The molecule has 0 aliphatic carbocycles. The molecular formula is C9H9FO2. The van der Waals surface area contributed by atoms with Crippen LogP contribution in [0.3, 0.4) is 0 Å². The molecule has 0 heterocycles. The molecule has 0 aliphatic rings. The Balaban J connectivity index is 3.26. The summed E-state index contributed by atoms with van der Waals surface area (Å²) in [6.45, 7) is 1.78. The maximum Gasteiger partial charge on any atom is 0.153 e. The topological polar surface area (TPSA) is 37.3 Å². The Hall–Kier alpha value is -1.38. The van der Waals surface area contributed by atoms with E-state index < -0.39 is 5.82 Å². The van der Waals surface area contributed by atoms with Crippen molar-refractivity contribution in [1.29, 1.82) is 0 Å².